The van der Waals surface area contributed by atoms with E-state index in [1.165, 1.54) is 5.56 Å². The maximum absolute atomic E-state index is 11.0. The minimum Gasteiger partial charge on any atom is -0.481 e. The summed E-state index contributed by atoms with van der Waals surface area (Å²) in [4.78, 5) is 13.0. The van der Waals surface area contributed by atoms with Crippen LogP contribution in [0.2, 0.25) is 0 Å². The summed E-state index contributed by atoms with van der Waals surface area (Å²) in [6.07, 6.45) is 2.30. The molecule has 1 aromatic rings. The van der Waals surface area contributed by atoms with Crippen molar-refractivity contribution < 1.29 is 9.90 Å². The van der Waals surface area contributed by atoms with E-state index < -0.39 is 11.5 Å². The lowest BCUT2D eigenvalue weighted by molar-refractivity contribution is -0.140. The number of aliphatic carboxylic acids is 1. The fourth-order valence-corrected chi connectivity index (χ4v) is 2.13. The Bertz CT molecular complexity index is 397. The molecule has 0 spiro atoms. The van der Waals surface area contributed by atoms with Gasteiger partial charge >= 0.3 is 5.97 Å². The third-order valence-corrected chi connectivity index (χ3v) is 3.60. The van der Waals surface area contributed by atoms with Gasteiger partial charge in [0.15, 0.2) is 0 Å². The highest BCUT2D eigenvalue weighted by atomic mass is 16.4. The summed E-state index contributed by atoms with van der Waals surface area (Å²) in [5, 5.41) is 9.07. The van der Waals surface area contributed by atoms with Crippen LogP contribution in [0.5, 0.6) is 0 Å². The zero-order valence-electron chi connectivity index (χ0n) is 11.7. The normalized spacial score (nSPS) is 14.5. The highest BCUT2D eigenvalue weighted by Crippen LogP contribution is 2.30. The second-order valence-electron chi connectivity index (χ2n) is 5.19. The molecule has 1 aromatic carbocycles. The monoisotopic (exact) mass is 249 g/mol. The van der Waals surface area contributed by atoms with Crippen LogP contribution >= 0.6 is 0 Å². The van der Waals surface area contributed by atoms with Crippen LogP contribution in [0.25, 0.3) is 0 Å². The molecular formula is C15H23NO2. The predicted octanol–water partition coefficient (Wildman–Crippen LogP) is 2.89. The summed E-state index contributed by atoms with van der Waals surface area (Å²) in [7, 11) is 3.84. The van der Waals surface area contributed by atoms with Gasteiger partial charge in [-0.3, -0.25) is 9.69 Å². The van der Waals surface area contributed by atoms with Crippen LogP contribution in [0, 0.1) is 0 Å². The maximum atomic E-state index is 11.0. The molecule has 3 heteroatoms. The number of rotatable bonds is 6. The molecule has 0 amide bonds. The van der Waals surface area contributed by atoms with E-state index in [2.05, 4.69) is 19.1 Å². The first kappa shape index (κ1) is 14.7. The van der Waals surface area contributed by atoms with Gasteiger partial charge in [-0.25, -0.2) is 0 Å². The van der Waals surface area contributed by atoms with Crippen molar-refractivity contribution in [3.63, 3.8) is 0 Å². The molecule has 1 N–H and O–H groups in total. The topological polar surface area (TPSA) is 40.5 Å². The molecule has 1 rings (SSSR count). The van der Waals surface area contributed by atoms with Gasteiger partial charge in [0.25, 0.3) is 0 Å². The average Bonchev–Trinajstić information content (AvgIpc) is 2.29. The number of hydrogen-bond donors (Lipinski definition) is 1. The third kappa shape index (κ3) is 3.33. The minimum atomic E-state index is -0.774. The quantitative estimate of drug-likeness (QED) is 0.842. The SMILES string of the molecule is CCCc1ccc(C(C)(CC(=O)O)N(C)C)cc1. The Labute approximate surface area is 109 Å². The smallest absolute Gasteiger partial charge is 0.305 e. The van der Waals surface area contributed by atoms with Crippen molar-refractivity contribution in [3.8, 4) is 0 Å². The summed E-state index contributed by atoms with van der Waals surface area (Å²) in [6.45, 7) is 4.12. The number of benzene rings is 1. The van der Waals surface area contributed by atoms with Crippen LogP contribution in [0.1, 0.15) is 37.8 Å². The van der Waals surface area contributed by atoms with Crippen LogP contribution < -0.4 is 0 Å². The zero-order valence-corrected chi connectivity index (χ0v) is 11.7. The van der Waals surface area contributed by atoms with Gasteiger partial charge in [-0.15, -0.1) is 0 Å². The molecule has 0 aliphatic rings. The molecule has 1 atom stereocenters. The summed E-state index contributed by atoms with van der Waals surface area (Å²) in [6, 6.07) is 8.30. The molecule has 0 aromatic heterocycles. The van der Waals surface area contributed by atoms with Crippen LogP contribution in [0.4, 0.5) is 0 Å². The number of carboxylic acid groups (broad SMARTS) is 1. The Balaban J connectivity index is 3.02. The average molecular weight is 249 g/mol. The lowest BCUT2D eigenvalue weighted by Crippen LogP contribution is -2.40. The predicted molar refractivity (Wildman–Crippen MR) is 73.7 cm³/mol. The molecule has 1 unspecified atom stereocenters. The summed E-state index contributed by atoms with van der Waals surface area (Å²) in [5.74, 6) is -0.774. The van der Waals surface area contributed by atoms with E-state index in [1.54, 1.807) is 0 Å². The van der Waals surface area contributed by atoms with Crippen molar-refractivity contribution >= 4 is 5.97 Å². The number of nitrogens with zero attached hydrogens (tertiary/aromatic N) is 1. The van der Waals surface area contributed by atoms with Crippen LogP contribution in [0.3, 0.4) is 0 Å². The van der Waals surface area contributed by atoms with Gasteiger partial charge in [-0.2, -0.15) is 0 Å². The Kier molecular flexibility index (Phi) is 4.91. The first-order valence-corrected chi connectivity index (χ1v) is 6.38. The van der Waals surface area contributed by atoms with E-state index in [4.69, 9.17) is 5.11 Å². The highest BCUT2D eigenvalue weighted by molar-refractivity contribution is 5.68. The molecule has 0 bridgehead atoms. The zero-order chi connectivity index (χ0) is 13.8. The molecule has 0 aliphatic heterocycles. The van der Waals surface area contributed by atoms with Gasteiger partial charge in [-0.05, 0) is 38.6 Å². The second kappa shape index (κ2) is 6.01. The summed E-state index contributed by atoms with van der Waals surface area (Å²) < 4.78 is 0. The number of carboxylic acids is 1. The molecule has 0 heterocycles. The largest absolute Gasteiger partial charge is 0.481 e. The van der Waals surface area contributed by atoms with Gasteiger partial charge in [0, 0.05) is 0 Å². The standard InChI is InChI=1S/C15H23NO2/c1-5-6-12-7-9-13(10-8-12)15(2,16(3)4)11-14(17)18/h7-10H,5-6,11H2,1-4H3,(H,17,18). The van der Waals surface area contributed by atoms with E-state index in [0.717, 1.165) is 18.4 Å². The van der Waals surface area contributed by atoms with Crippen molar-refractivity contribution in [2.24, 2.45) is 0 Å². The molecule has 0 saturated heterocycles. The van der Waals surface area contributed by atoms with Crippen molar-refractivity contribution in [1.82, 2.24) is 4.90 Å². The van der Waals surface area contributed by atoms with Crippen molar-refractivity contribution in [3.05, 3.63) is 35.4 Å². The maximum Gasteiger partial charge on any atom is 0.305 e. The number of hydrogen-bond acceptors (Lipinski definition) is 2. The van der Waals surface area contributed by atoms with E-state index in [0.29, 0.717) is 0 Å². The van der Waals surface area contributed by atoms with Crippen molar-refractivity contribution in [2.45, 2.75) is 38.6 Å². The van der Waals surface area contributed by atoms with E-state index in [9.17, 15) is 4.79 Å². The molecule has 18 heavy (non-hydrogen) atoms. The summed E-state index contributed by atoms with van der Waals surface area (Å²) >= 11 is 0. The van der Waals surface area contributed by atoms with Crippen LogP contribution in [0.15, 0.2) is 24.3 Å². The number of aryl methyl sites for hydroxylation is 1. The molecular weight excluding hydrogens is 226 g/mol. The Morgan fingerprint density at radius 3 is 2.22 bits per heavy atom. The molecule has 0 aliphatic carbocycles. The van der Waals surface area contributed by atoms with Crippen molar-refractivity contribution in [1.29, 1.82) is 0 Å². The molecule has 0 saturated carbocycles. The Morgan fingerprint density at radius 2 is 1.83 bits per heavy atom. The Morgan fingerprint density at radius 1 is 1.28 bits per heavy atom. The molecule has 3 nitrogen and oxygen atoms in total. The molecule has 0 radical (unpaired) electrons. The lowest BCUT2D eigenvalue weighted by atomic mass is 9.86. The van der Waals surface area contributed by atoms with Crippen LogP contribution in [-0.2, 0) is 16.8 Å². The Hall–Kier alpha value is -1.35. The van der Waals surface area contributed by atoms with Gasteiger partial charge in [0.1, 0.15) is 0 Å². The fourth-order valence-electron chi connectivity index (χ4n) is 2.13. The minimum absolute atomic E-state index is 0.104. The highest BCUT2D eigenvalue weighted by Gasteiger charge is 2.31. The van der Waals surface area contributed by atoms with E-state index >= 15 is 0 Å². The lowest BCUT2D eigenvalue weighted by Gasteiger charge is -2.36. The third-order valence-electron chi connectivity index (χ3n) is 3.60. The summed E-state index contributed by atoms with van der Waals surface area (Å²) in [5.41, 5.74) is 1.89. The van der Waals surface area contributed by atoms with Gasteiger partial charge < -0.3 is 5.11 Å². The van der Waals surface area contributed by atoms with E-state index in [1.807, 2.05) is 38.1 Å². The van der Waals surface area contributed by atoms with Gasteiger partial charge in [-0.1, -0.05) is 37.6 Å². The molecule has 100 valence electrons. The van der Waals surface area contributed by atoms with Gasteiger partial charge in [0.2, 0.25) is 0 Å². The first-order chi connectivity index (χ1) is 8.40. The van der Waals surface area contributed by atoms with Gasteiger partial charge in [0.05, 0.1) is 12.0 Å². The second-order valence-corrected chi connectivity index (χ2v) is 5.19. The number of carbonyl (C=O) groups is 1. The van der Waals surface area contributed by atoms with Crippen LogP contribution in [-0.4, -0.2) is 30.1 Å². The van der Waals surface area contributed by atoms with E-state index in [-0.39, 0.29) is 6.42 Å². The van der Waals surface area contributed by atoms with Crippen molar-refractivity contribution in [2.75, 3.05) is 14.1 Å². The first-order valence-electron chi connectivity index (χ1n) is 6.38. The molecule has 0 fully saturated rings. The fraction of sp³-hybridized carbons (Fsp3) is 0.533.